The highest BCUT2D eigenvalue weighted by atomic mass is 79.9. The van der Waals surface area contributed by atoms with Crippen LogP contribution >= 0.6 is 15.9 Å². The first-order chi connectivity index (χ1) is 11.2. The number of hydrogen-bond donors (Lipinski definition) is 1. The second-order valence-corrected chi connectivity index (χ2v) is 7.45. The van der Waals surface area contributed by atoms with Gasteiger partial charge >= 0.3 is 6.09 Å². The zero-order chi connectivity index (χ0) is 17.7. The summed E-state index contributed by atoms with van der Waals surface area (Å²) >= 11 is 3.35. The molecule has 1 aliphatic heterocycles. The SMILES string of the molecule is CC(C)(C)OC(=O)N1CC=C(CC(=O)Nc2ncccc2Br)CC1. The van der Waals surface area contributed by atoms with Crippen molar-refractivity contribution in [3.63, 3.8) is 0 Å². The van der Waals surface area contributed by atoms with Crippen molar-refractivity contribution in [1.29, 1.82) is 0 Å². The average Bonchev–Trinajstić information content (AvgIpc) is 2.48. The lowest BCUT2D eigenvalue weighted by Gasteiger charge is -2.29. The maximum atomic E-state index is 12.1. The van der Waals surface area contributed by atoms with Crippen molar-refractivity contribution in [3.05, 3.63) is 34.5 Å². The van der Waals surface area contributed by atoms with Gasteiger partial charge in [-0.1, -0.05) is 11.6 Å². The Morgan fingerprint density at radius 3 is 2.75 bits per heavy atom. The Labute approximate surface area is 150 Å². The molecule has 1 N–H and O–H groups in total. The van der Waals surface area contributed by atoms with Crippen LogP contribution in [0.4, 0.5) is 10.6 Å². The molecule has 2 heterocycles. The van der Waals surface area contributed by atoms with Gasteiger partial charge in [-0.15, -0.1) is 0 Å². The Kier molecular flexibility index (Phi) is 5.99. The lowest BCUT2D eigenvalue weighted by atomic mass is 10.0. The summed E-state index contributed by atoms with van der Waals surface area (Å²) in [6.07, 6.45) is 4.18. The van der Waals surface area contributed by atoms with Crippen molar-refractivity contribution >= 4 is 33.7 Å². The number of nitrogens with one attached hydrogen (secondary N) is 1. The van der Waals surface area contributed by atoms with Crippen LogP contribution in [-0.2, 0) is 9.53 Å². The number of halogens is 1. The molecule has 0 aliphatic carbocycles. The summed E-state index contributed by atoms with van der Waals surface area (Å²) in [5.41, 5.74) is 0.510. The van der Waals surface area contributed by atoms with Crippen molar-refractivity contribution in [3.8, 4) is 0 Å². The minimum Gasteiger partial charge on any atom is -0.444 e. The third kappa shape index (κ3) is 5.63. The Hall–Kier alpha value is -1.89. The van der Waals surface area contributed by atoms with E-state index >= 15 is 0 Å². The molecular weight excluding hydrogens is 374 g/mol. The van der Waals surface area contributed by atoms with Gasteiger partial charge in [0, 0.05) is 25.7 Å². The first kappa shape index (κ1) is 18.4. The van der Waals surface area contributed by atoms with E-state index < -0.39 is 5.60 Å². The van der Waals surface area contributed by atoms with E-state index in [9.17, 15) is 9.59 Å². The molecule has 1 aliphatic rings. The number of carbonyl (C=O) groups is 2. The number of pyridine rings is 1. The molecule has 0 atom stereocenters. The van der Waals surface area contributed by atoms with Crippen LogP contribution in [0.25, 0.3) is 0 Å². The lowest BCUT2D eigenvalue weighted by Crippen LogP contribution is -2.39. The van der Waals surface area contributed by atoms with Gasteiger partial charge in [0.2, 0.25) is 5.91 Å². The van der Waals surface area contributed by atoms with Gasteiger partial charge in [0.05, 0.1) is 4.47 Å². The number of aromatic nitrogens is 1. The van der Waals surface area contributed by atoms with Crippen LogP contribution in [0.3, 0.4) is 0 Å². The Morgan fingerprint density at radius 2 is 2.17 bits per heavy atom. The second kappa shape index (κ2) is 7.79. The van der Waals surface area contributed by atoms with Crippen molar-refractivity contribution in [2.75, 3.05) is 18.4 Å². The molecule has 0 saturated heterocycles. The quantitative estimate of drug-likeness (QED) is 0.791. The highest BCUT2D eigenvalue weighted by Gasteiger charge is 2.24. The monoisotopic (exact) mass is 395 g/mol. The molecule has 2 rings (SSSR count). The molecule has 130 valence electrons. The predicted molar refractivity (Wildman–Crippen MR) is 95.7 cm³/mol. The van der Waals surface area contributed by atoms with Gasteiger partial charge in [0.1, 0.15) is 11.4 Å². The zero-order valence-electron chi connectivity index (χ0n) is 14.1. The van der Waals surface area contributed by atoms with Crippen LogP contribution < -0.4 is 5.32 Å². The van der Waals surface area contributed by atoms with Gasteiger partial charge in [0.15, 0.2) is 0 Å². The first-order valence-corrected chi connectivity index (χ1v) is 8.60. The largest absolute Gasteiger partial charge is 0.444 e. The van der Waals surface area contributed by atoms with E-state index in [2.05, 4.69) is 26.2 Å². The molecule has 0 spiro atoms. The number of carbonyl (C=O) groups excluding carboxylic acids is 2. The topological polar surface area (TPSA) is 71.5 Å². The maximum absolute atomic E-state index is 12.1. The third-order valence-electron chi connectivity index (χ3n) is 3.36. The van der Waals surface area contributed by atoms with Crippen LogP contribution in [0, 0.1) is 0 Å². The van der Waals surface area contributed by atoms with Gasteiger partial charge in [0.25, 0.3) is 0 Å². The van der Waals surface area contributed by atoms with Gasteiger partial charge in [-0.3, -0.25) is 4.79 Å². The molecule has 0 bridgehead atoms. The highest BCUT2D eigenvalue weighted by Crippen LogP contribution is 2.21. The summed E-state index contributed by atoms with van der Waals surface area (Å²) in [5.74, 6) is 0.389. The fraction of sp³-hybridized carbons (Fsp3) is 0.471. The Bertz CT molecular complexity index is 653. The molecule has 1 aromatic rings. The number of nitrogens with zero attached hydrogens (tertiary/aromatic N) is 2. The number of amides is 2. The number of ether oxygens (including phenoxy) is 1. The van der Waals surface area contributed by atoms with Crippen LogP contribution in [0.1, 0.15) is 33.6 Å². The Balaban J connectivity index is 1.86. The average molecular weight is 396 g/mol. The molecule has 2 amide bonds. The van der Waals surface area contributed by atoms with Crippen molar-refractivity contribution < 1.29 is 14.3 Å². The molecule has 1 aromatic heterocycles. The zero-order valence-corrected chi connectivity index (χ0v) is 15.7. The standard InChI is InChI=1S/C17H22BrN3O3/c1-17(2,3)24-16(23)21-9-6-12(7-10-21)11-14(22)20-15-13(18)5-4-8-19-15/h4-6,8H,7,9-11H2,1-3H3,(H,19,20,22). The summed E-state index contributed by atoms with van der Waals surface area (Å²) in [7, 11) is 0. The predicted octanol–water partition coefficient (Wildman–Crippen LogP) is 3.74. The van der Waals surface area contributed by atoms with Crippen LogP contribution in [-0.4, -0.2) is 40.6 Å². The summed E-state index contributed by atoms with van der Waals surface area (Å²) in [4.78, 5) is 29.9. The van der Waals surface area contributed by atoms with Crippen LogP contribution in [0.15, 0.2) is 34.5 Å². The second-order valence-electron chi connectivity index (χ2n) is 6.60. The maximum Gasteiger partial charge on any atom is 0.410 e. The van der Waals surface area contributed by atoms with E-state index in [0.29, 0.717) is 31.7 Å². The Morgan fingerprint density at radius 1 is 1.42 bits per heavy atom. The minimum atomic E-state index is -0.503. The van der Waals surface area contributed by atoms with Gasteiger partial charge < -0.3 is 15.0 Å². The van der Waals surface area contributed by atoms with E-state index in [0.717, 1.165) is 10.0 Å². The number of rotatable bonds is 3. The third-order valence-corrected chi connectivity index (χ3v) is 4.00. The summed E-state index contributed by atoms with van der Waals surface area (Å²) in [5, 5.41) is 2.78. The normalized spacial score (nSPS) is 14.8. The summed E-state index contributed by atoms with van der Waals surface area (Å²) < 4.78 is 6.09. The molecule has 0 fully saturated rings. The fourth-order valence-corrected chi connectivity index (χ4v) is 2.58. The molecule has 0 saturated carbocycles. The molecule has 24 heavy (non-hydrogen) atoms. The van der Waals surface area contributed by atoms with Crippen LogP contribution in [0.2, 0.25) is 0 Å². The molecule has 0 radical (unpaired) electrons. The van der Waals surface area contributed by atoms with E-state index in [1.54, 1.807) is 17.2 Å². The van der Waals surface area contributed by atoms with Gasteiger partial charge in [-0.2, -0.15) is 0 Å². The molecule has 6 nitrogen and oxygen atoms in total. The van der Waals surface area contributed by atoms with E-state index in [4.69, 9.17) is 4.74 Å². The smallest absolute Gasteiger partial charge is 0.410 e. The van der Waals surface area contributed by atoms with E-state index in [-0.39, 0.29) is 12.0 Å². The fourth-order valence-electron chi connectivity index (χ4n) is 2.22. The van der Waals surface area contributed by atoms with Crippen molar-refractivity contribution in [2.24, 2.45) is 0 Å². The van der Waals surface area contributed by atoms with E-state index in [1.807, 2.05) is 32.9 Å². The van der Waals surface area contributed by atoms with Crippen molar-refractivity contribution in [1.82, 2.24) is 9.88 Å². The summed E-state index contributed by atoms with van der Waals surface area (Å²) in [6.45, 7) is 6.55. The highest BCUT2D eigenvalue weighted by molar-refractivity contribution is 9.10. The van der Waals surface area contributed by atoms with Crippen LogP contribution in [0.5, 0.6) is 0 Å². The first-order valence-electron chi connectivity index (χ1n) is 7.81. The molecule has 7 heteroatoms. The molecule has 0 aromatic carbocycles. The number of hydrogen-bond acceptors (Lipinski definition) is 4. The van der Waals surface area contributed by atoms with Gasteiger partial charge in [-0.25, -0.2) is 9.78 Å². The number of anilines is 1. The molecule has 0 unspecified atom stereocenters. The molecular formula is C17H22BrN3O3. The van der Waals surface area contributed by atoms with Crippen molar-refractivity contribution in [2.45, 2.75) is 39.2 Å². The van der Waals surface area contributed by atoms with Gasteiger partial charge in [-0.05, 0) is 55.3 Å². The lowest BCUT2D eigenvalue weighted by molar-refractivity contribution is -0.115. The minimum absolute atomic E-state index is 0.119. The van der Waals surface area contributed by atoms with E-state index in [1.165, 1.54) is 0 Å². The summed E-state index contributed by atoms with van der Waals surface area (Å²) in [6, 6.07) is 3.61.